The third kappa shape index (κ3) is 4.18. The molecule has 0 fully saturated rings. The van der Waals surface area contributed by atoms with Crippen LogP contribution in [-0.2, 0) is 9.59 Å². The van der Waals surface area contributed by atoms with Crippen molar-refractivity contribution in [3.8, 4) is 0 Å². The number of rotatable bonds is 5. The molecular weight excluding hydrogens is 236 g/mol. The first kappa shape index (κ1) is 13.6. The lowest BCUT2D eigenvalue weighted by molar-refractivity contribution is -0.131. The second kappa shape index (κ2) is 6.31. The van der Waals surface area contributed by atoms with Gasteiger partial charge in [-0.25, -0.2) is 4.79 Å². The summed E-state index contributed by atoms with van der Waals surface area (Å²) in [6, 6.07) is 6.23. The van der Waals surface area contributed by atoms with Crippen molar-refractivity contribution < 1.29 is 19.5 Å². The minimum Gasteiger partial charge on any atom is -0.478 e. The monoisotopic (exact) mass is 248 g/mol. The van der Waals surface area contributed by atoms with Gasteiger partial charge in [0.05, 0.1) is 6.54 Å². The lowest BCUT2D eigenvalue weighted by atomic mass is 10.1. The lowest BCUT2D eigenvalue weighted by Gasteiger charge is -2.04. The number of nitrogens with two attached hydrogens (primary N) is 1. The van der Waals surface area contributed by atoms with Crippen LogP contribution in [0.2, 0.25) is 0 Å². The Balaban J connectivity index is 2.76. The molecule has 0 atom stereocenters. The van der Waals surface area contributed by atoms with E-state index >= 15 is 0 Å². The number of amides is 1. The van der Waals surface area contributed by atoms with E-state index in [2.05, 4.69) is 5.32 Å². The zero-order chi connectivity index (χ0) is 13.5. The fraction of sp³-hybridized carbons (Fsp3) is 0.0833. The van der Waals surface area contributed by atoms with Crippen molar-refractivity contribution in [2.45, 2.75) is 0 Å². The van der Waals surface area contributed by atoms with Crippen molar-refractivity contribution in [1.82, 2.24) is 0 Å². The number of anilines is 1. The van der Waals surface area contributed by atoms with E-state index in [9.17, 15) is 14.4 Å². The number of benzene rings is 1. The molecule has 1 aromatic rings. The van der Waals surface area contributed by atoms with Crippen molar-refractivity contribution in [1.29, 1.82) is 0 Å². The summed E-state index contributed by atoms with van der Waals surface area (Å²) in [5.74, 6) is -2.04. The lowest BCUT2D eigenvalue weighted by Crippen LogP contribution is -2.14. The predicted octanol–water partition coefficient (Wildman–Crippen LogP) is 0.407. The number of hydrogen-bond donors (Lipinski definition) is 3. The molecule has 0 bridgehead atoms. The summed E-state index contributed by atoms with van der Waals surface area (Å²) in [7, 11) is 0. The normalized spacial score (nSPS) is 10.3. The van der Waals surface area contributed by atoms with Crippen LogP contribution in [0.4, 0.5) is 5.69 Å². The first-order chi connectivity index (χ1) is 8.52. The maximum Gasteiger partial charge on any atom is 0.328 e. The maximum atomic E-state index is 11.3. The molecule has 0 aliphatic rings. The van der Waals surface area contributed by atoms with Gasteiger partial charge in [-0.05, 0) is 12.1 Å². The highest BCUT2D eigenvalue weighted by atomic mass is 16.4. The largest absolute Gasteiger partial charge is 0.478 e. The molecule has 0 saturated heterocycles. The van der Waals surface area contributed by atoms with E-state index in [1.807, 2.05) is 0 Å². The van der Waals surface area contributed by atoms with Crippen LogP contribution in [0.3, 0.4) is 0 Å². The number of carbonyl (C=O) groups excluding carboxylic acids is 2. The second-order valence-electron chi connectivity index (χ2n) is 3.37. The van der Waals surface area contributed by atoms with E-state index in [0.29, 0.717) is 11.3 Å². The van der Waals surface area contributed by atoms with E-state index in [1.54, 1.807) is 18.2 Å². The molecule has 0 spiro atoms. The molecule has 6 nitrogen and oxygen atoms in total. The Labute approximate surface area is 103 Å². The Bertz CT molecular complexity index is 509. The molecule has 0 radical (unpaired) electrons. The van der Waals surface area contributed by atoms with Gasteiger partial charge in [-0.15, -0.1) is 0 Å². The summed E-state index contributed by atoms with van der Waals surface area (Å²) in [6.45, 7) is -0.115. The highest BCUT2D eigenvalue weighted by Crippen LogP contribution is 2.11. The van der Waals surface area contributed by atoms with Crippen LogP contribution >= 0.6 is 0 Å². The van der Waals surface area contributed by atoms with Crippen LogP contribution < -0.4 is 11.1 Å². The highest BCUT2D eigenvalue weighted by molar-refractivity contribution is 6.03. The number of Topliss-reactive ketones (excluding diaryl/α,β-unsaturated/α-hetero) is 1. The number of ketones is 1. The third-order valence-corrected chi connectivity index (χ3v) is 2.01. The summed E-state index contributed by atoms with van der Waals surface area (Å²) in [5, 5.41) is 10.8. The average Bonchev–Trinajstić information content (AvgIpc) is 2.35. The van der Waals surface area contributed by atoms with Crippen LogP contribution in [0.5, 0.6) is 0 Å². The Morgan fingerprint density at radius 2 is 2.00 bits per heavy atom. The molecule has 0 aromatic heterocycles. The molecule has 4 N–H and O–H groups in total. The van der Waals surface area contributed by atoms with Gasteiger partial charge in [-0.2, -0.15) is 0 Å². The summed E-state index contributed by atoms with van der Waals surface area (Å²) in [6.07, 6.45) is 1.62. The topological polar surface area (TPSA) is 109 Å². The first-order valence-corrected chi connectivity index (χ1v) is 5.08. The van der Waals surface area contributed by atoms with Gasteiger partial charge in [-0.1, -0.05) is 12.1 Å². The zero-order valence-electron chi connectivity index (χ0n) is 9.42. The van der Waals surface area contributed by atoms with Gasteiger partial charge < -0.3 is 16.2 Å². The highest BCUT2D eigenvalue weighted by Gasteiger charge is 2.05. The van der Waals surface area contributed by atoms with Crippen LogP contribution in [0.1, 0.15) is 10.4 Å². The quantitative estimate of drug-likeness (QED) is 0.516. The Hall–Kier alpha value is -2.47. The van der Waals surface area contributed by atoms with Crippen molar-refractivity contribution >= 4 is 23.3 Å². The zero-order valence-corrected chi connectivity index (χ0v) is 9.42. The van der Waals surface area contributed by atoms with Gasteiger partial charge in [0, 0.05) is 23.4 Å². The van der Waals surface area contributed by atoms with Crippen molar-refractivity contribution in [3.63, 3.8) is 0 Å². The van der Waals surface area contributed by atoms with Crippen LogP contribution in [-0.4, -0.2) is 29.3 Å². The Morgan fingerprint density at radius 3 is 2.61 bits per heavy atom. The molecule has 0 saturated carbocycles. The fourth-order valence-corrected chi connectivity index (χ4v) is 1.22. The molecule has 0 aliphatic heterocycles. The summed E-state index contributed by atoms with van der Waals surface area (Å²) in [5.41, 5.74) is 6.01. The summed E-state index contributed by atoms with van der Waals surface area (Å²) in [4.78, 5) is 32.8. The number of hydrogen-bond acceptors (Lipinski definition) is 4. The molecular formula is C12H12N2O4. The summed E-state index contributed by atoms with van der Waals surface area (Å²) < 4.78 is 0. The van der Waals surface area contributed by atoms with Gasteiger partial charge in [0.15, 0.2) is 5.78 Å². The molecule has 1 amide bonds. The van der Waals surface area contributed by atoms with Crippen LogP contribution in [0.25, 0.3) is 0 Å². The third-order valence-electron chi connectivity index (χ3n) is 2.01. The molecule has 0 unspecified atom stereocenters. The molecule has 0 heterocycles. The van der Waals surface area contributed by atoms with E-state index < -0.39 is 11.9 Å². The number of aliphatic carboxylic acids is 1. The van der Waals surface area contributed by atoms with Crippen LogP contribution in [0.15, 0.2) is 36.4 Å². The van der Waals surface area contributed by atoms with Gasteiger partial charge in [0.25, 0.3) is 0 Å². The van der Waals surface area contributed by atoms with E-state index in [1.165, 1.54) is 6.07 Å². The van der Waals surface area contributed by atoms with E-state index in [4.69, 9.17) is 10.8 Å². The van der Waals surface area contributed by atoms with E-state index in [0.717, 1.165) is 12.2 Å². The smallest absolute Gasteiger partial charge is 0.328 e. The Morgan fingerprint density at radius 1 is 1.28 bits per heavy atom. The standard InChI is InChI=1S/C12H12N2O4/c13-7-10(15)8-2-1-3-9(6-8)14-11(16)4-5-12(17)18/h1-6H,7,13H2,(H,14,16)(H,17,18)/b5-4+. The SMILES string of the molecule is NCC(=O)c1cccc(NC(=O)/C=C/C(=O)O)c1. The van der Waals surface area contributed by atoms with Gasteiger partial charge >= 0.3 is 5.97 Å². The van der Waals surface area contributed by atoms with Gasteiger partial charge in [0.1, 0.15) is 0 Å². The molecule has 94 valence electrons. The fourth-order valence-electron chi connectivity index (χ4n) is 1.22. The number of nitrogens with one attached hydrogen (secondary N) is 1. The molecule has 1 rings (SSSR count). The second-order valence-corrected chi connectivity index (χ2v) is 3.37. The summed E-state index contributed by atoms with van der Waals surface area (Å²) >= 11 is 0. The van der Waals surface area contributed by atoms with Crippen molar-refractivity contribution in [2.24, 2.45) is 5.73 Å². The van der Waals surface area contributed by atoms with Crippen molar-refractivity contribution in [2.75, 3.05) is 11.9 Å². The van der Waals surface area contributed by atoms with E-state index in [-0.39, 0.29) is 12.3 Å². The molecule has 6 heteroatoms. The first-order valence-electron chi connectivity index (χ1n) is 5.08. The molecule has 1 aromatic carbocycles. The van der Waals surface area contributed by atoms with Crippen molar-refractivity contribution in [3.05, 3.63) is 42.0 Å². The maximum absolute atomic E-state index is 11.3. The van der Waals surface area contributed by atoms with Gasteiger partial charge in [0.2, 0.25) is 5.91 Å². The average molecular weight is 248 g/mol. The number of carboxylic acid groups (broad SMARTS) is 1. The molecule has 0 aliphatic carbocycles. The Kier molecular flexibility index (Phi) is 4.77. The number of carboxylic acids is 1. The molecule has 18 heavy (non-hydrogen) atoms. The van der Waals surface area contributed by atoms with Crippen LogP contribution in [0, 0.1) is 0 Å². The minimum atomic E-state index is -1.21. The predicted molar refractivity (Wildman–Crippen MR) is 65.2 cm³/mol. The number of carbonyl (C=O) groups is 3. The minimum absolute atomic E-state index is 0.115. The van der Waals surface area contributed by atoms with Gasteiger partial charge in [-0.3, -0.25) is 9.59 Å².